The van der Waals surface area contributed by atoms with Gasteiger partial charge in [-0.05, 0) is 19.1 Å². The van der Waals surface area contributed by atoms with E-state index in [9.17, 15) is 18.3 Å². The van der Waals surface area contributed by atoms with Crippen LogP contribution in [0, 0.1) is 0 Å². The third-order valence-corrected chi connectivity index (χ3v) is 4.57. The molecule has 0 spiro atoms. The highest BCUT2D eigenvalue weighted by molar-refractivity contribution is 9.08. The number of nitrogens with zero attached hydrogens (tertiary/aromatic N) is 1. The summed E-state index contributed by atoms with van der Waals surface area (Å²) in [6.45, 7) is 2.10. The number of halogens is 4. The van der Waals surface area contributed by atoms with E-state index in [0.29, 0.717) is 33.1 Å². The molecular weight excluding hydrogens is 383 g/mol. The van der Waals surface area contributed by atoms with Crippen molar-refractivity contribution in [3.05, 3.63) is 40.4 Å². The first kappa shape index (κ1) is 17.4. The summed E-state index contributed by atoms with van der Waals surface area (Å²) in [5, 5.41) is 10.9. The van der Waals surface area contributed by atoms with Crippen molar-refractivity contribution in [2.75, 3.05) is 6.61 Å². The average molecular weight is 396 g/mol. The summed E-state index contributed by atoms with van der Waals surface area (Å²) in [6.07, 6.45) is -5.45. The number of hydrogen-bond donors (Lipinski definition) is 1. The second-order valence-electron chi connectivity index (χ2n) is 4.35. The second kappa shape index (κ2) is 7.08. The number of benzene rings is 1. The van der Waals surface area contributed by atoms with Crippen LogP contribution in [0.15, 0.2) is 24.3 Å². The van der Waals surface area contributed by atoms with Crippen LogP contribution in [-0.4, -0.2) is 16.7 Å². The molecule has 0 aliphatic rings. The van der Waals surface area contributed by atoms with Crippen LogP contribution in [0.25, 0.3) is 10.6 Å². The maximum Gasteiger partial charge on any atom is 0.416 e. The highest BCUT2D eigenvalue weighted by Crippen LogP contribution is 2.35. The zero-order valence-electron chi connectivity index (χ0n) is 11.5. The molecule has 1 unspecified atom stereocenters. The summed E-state index contributed by atoms with van der Waals surface area (Å²) < 4.78 is 42.8. The van der Waals surface area contributed by atoms with E-state index in [1.54, 1.807) is 6.92 Å². The largest absolute Gasteiger partial charge is 0.416 e. The van der Waals surface area contributed by atoms with Gasteiger partial charge in [-0.2, -0.15) is 13.2 Å². The summed E-state index contributed by atoms with van der Waals surface area (Å²) in [7, 11) is 0. The number of thiazole rings is 1. The van der Waals surface area contributed by atoms with Gasteiger partial charge in [0.2, 0.25) is 0 Å². The molecule has 1 aromatic heterocycles. The standard InChI is InChI=1S/C14H13BrF3NO2S/c1-2-21-13(20)11-10(7-15)19-12(22-11)8-3-5-9(6-4-8)14(16,17)18/h3-6,13,20H,2,7H2,1H3. The van der Waals surface area contributed by atoms with Crippen LogP contribution < -0.4 is 0 Å². The predicted molar refractivity (Wildman–Crippen MR) is 81.8 cm³/mol. The maximum absolute atomic E-state index is 12.6. The molecule has 1 N–H and O–H groups in total. The van der Waals surface area contributed by atoms with Crippen molar-refractivity contribution < 1.29 is 23.0 Å². The Kier molecular flexibility index (Phi) is 5.60. The van der Waals surface area contributed by atoms with E-state index in [1.165, 1.54) is 23.5 Å². The molecule has 2 aromatic rings. The van der Waals surface area contributed by atoms with E-state index >= 15 is 0 Å². The maximum atomic E-state index is 12.6. The highest BCUT2D eigenvalue weighted by atomic mass is 79.9. The molecule has 0 radical (unpaired) electrons. The molecule has 2 rings (SSSR count). The van der Waals surface area contributed by atoms with Crippen LogP contribution >= 0.6 is 27.3 Å². The molecule has 0 fully saturated rings. The van der Waals surface area contributed by atoms with Crippen LogP contribution in [0.2, 0.25) is 0 Å². The zero-order chi connectivity index (χ0) is 16.3. The molecular formula is C14H13BrF3NO2S. The summed E-state index contributed by atoms with van der Waals surface area (Å²) in [5.41, 5.74) is 0.471. The molecule has 0 aliphatic carbocycles. The normalized spacial score (nSPS) is 13.4. The number of aliphatic hydroxyl groups is 1. The number of rotatable bonds is 5. The summed E-state index contributed by atoms with van der Waals surface area (Å²) in [6, 6.07) is 4.78. The molecule has 0 saturated heterocycles. The molecule has 0 aliphatic heterocycles. The van der Waals surface area contributed by atoms with E-state index in [0.717, 1.165) is 12.1 Å². The minimum atomic E-state index is -4.36. The first-order valence-electron chi connectivity index (χ1n) is 6.39. The molecule has 1 atom stereocenters. The van der Waals surface area contributed by atoms with Gasteiger partial charge in [0.1, 0.15) is 5.01 Å². The van der Waals surface area contributed by atoms with E-state index in [4.69, 9.17) is 4.74 Å². The number of aromatic nitrogens is 1. The van der Waals surface area contributed by atoms with Gasteiger partial charge in [0.15, 0.2) is 6.29 Å². The fourth-order valence-corrected chi connectivity index (χ4v) is 3.45. The Morgan fingerprint density at radius 2 is 1.95 bits per heavy atom. The van der Waals surface area contributed by atoms with Gasteiger partial charge in [-0.15, -0.1) is 11.3 Å². The van der Waals surface area contributed by atoms with Gasteiger partial charge in [-0.1, -0.05) is 28.1 Å². The molecule has 8 heteroatoms. The van der Waals surface area contributed by atoms with Gasteiger partial charge in [0.25, 0.3) is 0 Å². The lowest BCUT2D eigenvalue weighted by atomic mass is 10.1. The first-order chi connectivity index (χ1) is 10.4. The minimum Gasteiger partial charge on any atom is -0.364 e. The third-order valence-electron chi connectivity index (χ3n) is 2.86. The SMILES string of the molecule is CCOC(O)c1sc(-c2ccc(C(F)(F)F)cc2)nc1CBr. The highest BCUT2D eigenvalue weighted by Gasteiger charge is 2.30. The van der Waals surface area contributed by atoms with Crippen molar-refractivity contribution in [1.82, 2.24) is 4.98 Å². The first-order valence-corrected chi connectivity index (χ1v) is 8.33. The van der Waals surface area contributed by atoms with Crippen LogP contribution in [0.1, 0.15) is 29.3 Å². The van der Waals surface area contributed by atoms with Crippen LogP contribution in [-0.2, 0) is 16.2 Å². The number of alkyl halides is 4. The smallest absolute Gasteiger partial charge is 0.364 e. The van der Waals surface area contributed by atoms with E-state index in [2.05, 4.69) is 20.9 Å². The topological polar surface area (TPSA) is 42.4 Å². The van der Waals surface area contributed by atoms with Gasteiger partial charge < -0.3 is 9.84 Å². The fraction of sp³-hybridized carbons (Fsp3) is 0.357. The van der Waals surface area contributed by atoms with Gasteiger partial charge in [-0.25, -0.2) is 4.98 Å². The van der Waals surface area contributed by atoms with Crippen molar-refractivity contribution in [2.24, 2.45) is 0 Å². The van der Waals surface area contributed by atoms with Gasteiger partial charge in [0.05, 0.1) is 16.1 Å². The fourth-order valence-electron chi connectivity index (χ4n) is 1.81. The van der Waals surface area contributed by atoms with Crippen molar-refractivity contribution in [2.45, 2.75) is 24.7 Å². The Labute approximate surface area is 137 Å². The third kappa shape index (κ3) is 3.87. The second-order valence-corrected chi connectivity index (χ2v) is 5.94. The molecule has 1 heterocycles. The zero-order valence-corrected chi connectivity index (χ0v) is 13.9. The number of aliphatic hydroxyl groups excluding tert-OH is 1. The predicted octanol–water partition coefficient (Wildman–Crippen LogP) is 4.75. The average Bonchev–Trinajstić information content (AvgIpc) is 2.91. The summed E-state index contributed by atoms with van der Waals surface area (Å²) >= 11 is 4.48. The Morgan fingerprint density at radius 1 is 1.32 bits per heavy atom. The lowest BCUT2D eigenvalue weighted by Gasteiger charge is -2.08. The summed E-state index contributed by atoms with van der Waals surface area (Å²) in [4.78, 5) is 4.89. The molecule has 22 heavy (non-hydrogen) atoms. The van der Waals surface area contributed by atoms with Crippen LogP contribution in [0.3, 0.4) is 0 Å². The van der Waals surface area contributed by atoms with Crippen molar-refractivity contribution >= 4 is 27.3 Å². The van der Waals surface area contributed by atoms with Crippen LogP contribution in [0.5, 0.6) is 0 Å². The van der Waals surface area contributed by atoms with Crippen LogP contribution in [0.4, 0.5) is 13.2 Å². The van der Waals surface area contributed by atoms with E-state index in [1.807, 2.05) is 0 Å². The lowest BCUT2D eigenvalue weighted by Crippen LogP contribution is -2.03. The Bertz CT molecular complexity index is 628. The quantitative estimate of drug-likeness (QED) is 0.586. The van der Waals surface area contributed by atoms with Crippen molar-refractivity contribution in [3.8, 4) is 10.6 Å². The molecule has 0 amide bonds. The Balaban J connectivity index is 2.33. The lowest BCUT2D eigenvalue weighted by molar-refractivity contribution is -0.137. The molecule has 1 aromatic carbocycles. The Morgan fingerprint density at radius 3 is 2.45 bits per heavy atom. The van der Waals surface area contributed by atoms with Crippen molar-refractivity contribution in [1.29, 1.82) is 0 Å². The molecule has 0 saturated carbocycles. The summed E-state index contributed by atoms with van der Waals surface area (Å²) in [5.74, 6) is 0. The number of ether oxygens (including phenoxy) is 1. The molecule has 120 valence electrons. The Hall–Kier alpha value is -0.960. The number of hydrogen-bond acceptors (Lipinski definition) is 4. The minimum absolute atomic E-state index is 0.344. The molecule has 0 bridgehead atoms. The van der Waals surface area contributed by atoms with Gasteiger partial charge in [-0.3, -0.25) is 0 Å². The monoisotopic (exact) mass is 395 g/mol. The van der Waals surface area contributed by atoms with E-state index < -0.39 is 18.0 Å². The van der Waals surface area contributed by atoms with Gasteiger partial charge in [0, 0.05) is 17.5 Å². The van der Waals surface area contributed by atoms with Gasteiger partial charge >= 0.3 is 6.18 Å². The van der Waals surface area contributed by atoms with Crippen molar-refractivity contribution in [3.63, 3.8) is 0 Å². The molecule has 3 nitrogen and oxygen atoms in total. The van der Waals surface area contributed by atoms with E-state index in [-0.39, 0.29) is 0 Å².